The molecule has 0 saturated carbocycles. The molecule has 194 valence electrons. The van der Waals surface area contributed by atoms with Gasteiger partial charge in [-0.05, 0) is 67.9 Å². The zero-order chi connectivity index (χ0) is 24.6. The lowest BCUT2D eigenvalue weighted by Gasteiger charge is -2.33. The van der Waals surface area contributed by atoms with E-state index in [2.05, 4.69) is 21.9 Å². The van der Waals surface area contributed by atoms with Gasteiger partial charge in [0.2, 0.25) is 0 Å². The van der Waals surface area contributed by atoms with Crippen molar-refractivity contribution in [1.82, 2.24) is 4.90 Å². The van der Waals surface area contributed by atoms with Gasteiger partial charge in [-0.3, -0.25) is 9.69 Å². The van der Waals surface area contributed by atoms with Crippen molar-refractivity contribution in [1.29, 1.82) is 5.26 Å². The van der Waals surface area contributed by atoms with Crippen LogP contribution in [0.4, 0.5) is 5.00 Å². The van der Waals surface area contributed by atoms with Crippen LogP contribution in [-0.4, -0.2) is 63.9 Å². The Morgan fingerprint density at radius 3 is 2.44 bits per heavy atom. The monoisotopic (exact) mass is 531 g/mol. The normalized spacial score (nSPS) is 17.1. The van der Waals surface area contributed by atoms with Crippen molar-refractivity contribution in [2.75, 3.05) is 51.8 Å². The smallest absolute Gasteiger partial charge is 0.320 e. The number of benzene rings is 1. The molecule has 2 fully saturated rings. The summed E-state index contributed by atoms with van der Waals surface area (Å²) in [7, 11) is 3.18. The van der Waals surface area contributed by atoms with Crippen LogP contribution in [0, 0.1) is 11.3 Å². The van der Waals surface area contributed by atoms with Crippen molar-refractivity contribution in [2.24, 2.45) is 0 Å². The Bertz CT molecular complexity index is 1080. The Hall–Kier alpha value is -2.73. The summed E-state index contributed by atoms with van der Waals surface area (Å²) in [6, 6.07) is 11.9. The number of rotatable bonds is 8. The predicted molar refractivity (Wildman–Crippen MR) is 146 cm³/mol. The summed E-state index contributed by atoms with van der Waals surface area (Å²) in [6.07, 6.45) is 7.19. The van der Waals surface area contributed by atoms with Crippen molar-refractivity contribution in [3.8, 4) is 17.6 Å². The van der Waals surface area contributed by atoms with E-state index in [0.29, 0.717) is 23.6 Å². The number of nitriles is 1. The molecule has 0 radical (unpaired) electrons. The van der Waals surface area contributed by atoms with Crippen molar-refractivity contribution in [3.05, 3.63) is 40.8 Å². The molecule has 3 heterocycles. The number of thiophene rings is 1. The quantitative estimate of drug-likeness (QED) is 0.340. The van der Waals surface area contributed by atoms with Gasteiger partial charge >= 0.3 is 5.97 Å². The van der Waals surface area contributed by atoms with E-state index < -0.39 is 0 Å². The van der Waals surface area contributed by atoms with Gasteiger partial charge in [0.15, 0.2) is 11.5 Å². The number of anilines is 1. The van der Waals surface area contributed by atoms with Crippen LogP contribution < -0.4 is 14.4 Å². The van der Waals surface area contributed by atoms with Gasteiger partial charge < -0.3 is 19.1 Å². The van der Waals surface area contributed by atoms with Gasteiger partial charge in [0.25, 0.3) is 0 Å². The van der Waals surface area contributed by atoms with Gasteiger partial charge in [-0.2, -0.15) is 5.26 Å². The summed E-state index contributed by atoms with van der Waals surface area (Å²) >= 11 is 1.66. The molecule has 1 aromatic heterocycles. The second-order valence-corrected chi connectivity index (χ2v) is 10.0. The van der Waals surface area contributed by atoms with Crippen LogP contribution in [0.3, 0.4) is 0 Å². The molecule has 2 aromatic rings. The summed E-state index contributed by atoms with van der Waals surface area (Å²) in [4.78, 5) is 17.9. The average Bonchev–Trinajstić information content (AvgIpc) is 3.36. The number of methoxy groups -OCH3 is 2. The fourth-order valence-electron chi connectivity index (χ4n) is 4.63. The molecule has 2 saturated heterocycles. The standard InChI is InChI=1S/C27H33N3O4S.ClH/c1-32-24-8-6-20(17-25(24)33-2)21(18-28)16-23-7-9-26(35-23)30-14-10-22(11-15-30)34-27(31)19-29-12-4-3-5-13-29;/h6-9,16-17,22H,3-5,10-15,19H2,1-2H3;1H/b21-16+;. The molecule has 7 nitrogen and oxygen atoms in total. The molecule has 2 aliphatic rings. The molecule has 0 bridgehead atoms. The molecule has 9 heteroatoms. The predicted octanol–water partition coefficient (Wildman–Crippen LogP) is 5.25. The number of esters is 1. The second kappa shape index (κ2) is 13.5. The summed E-state index contributed by atoms with van der Waals surface area (Å²) in [6.45, 7) is 4.13. The van der Waals surface area contributed by atoms with Gasteiger partial charge in [-0.15, -0.1) is 23.7 Å². The van der Waals surface area contributed by atoms with Gasteiger partial charge in [0.1, 0.15) is 6.10 Å². The third kappa shape index (κ3) is 7.16. The Morgan fingerprint density at radius 1 is 1.06 bits per heavy atom. The van der Waals surface area contributed by atoms with Crippen molar-refractivity contribution < 1.29 is 19.0 Å². The molecule has 0 amide bonds. The number of allylic oxidation sites excluding steroid dienone is 1. The Kier molecular flexibility index (Phi) is 10.5. The number of ether oxygens (including phenoxy) is 3. The molecule has 2 aliphatic heterocycles. The zero-order valence-corrected chi connectivity index (χ0v) is 22.5. The van der Waals surface area contributed by atoms with Crippen LogP contribution in [0.15, 0.2) is 30.3 Å². The summed E-state index contributed by atoms with van der Waals surface area (Å²) in [5.74, 6) is 1.14. The minimum absolute atomic E-state index is 0. The summed E-state index contributed by atoms with van der Waals surface area (Å²) in [5, 5.41) is 10.9. The van der Waals surface area contributed by atoms with Crippen LogP contribution in [0.25, 0.3) is 11.6 Å². The first-order valence-corrected chi connectivity index (χ1v) is 13.0. The molecule has 0 spiro atoms. The number of nitrogens with zero attached hydrogens (tertiary/aromatic N) is 3. The maximum atomic E-state index is 12.3. The number of halogens is 1. The lowest BCUT2D eigenvalue weighted by atomic mass is 10.1. The van der Waals surface area contributed by atoms with Crippen molar-refractivity contribution in [3.63, 3.8) is 0 Å². The topological polar surface area (TPSA) is 75.0 Å². The molecule has 1 aromatic carbocycles. The number of carbonyl (C=O) groups excluding carboxylic acids is 1. The van der Waals surface area contributed by atoms with Gasteiger partial charge in [0, 0.05) is 30.8 Å². The fraction of sp³-hybridized carbons (Fsp3) is 0.481. The first-order chi connectivity index (χ1) is 17.1. The highest BCUT2D eigenvalue weighted by Crippen LogP contribution is 2.34. The van der Waals surface area contributed by atoms with E-state index in [4.69, 9.17) is 14.2 Å². The third-order valence-corrected chi connectivity index (χ3v) is 7.66. The minimum Gasteiger partial charge on any atom is -0.493 e. The van der Waals surface area contributed by atoms with Crippen LogP contribution in [0.1, 0.15) is 42.5 Å². The highest BCUT2D eigenvalue weighted by molar-refractivity contribution is 7.17. The largest absolute Gasteiger partial charge is 0.493 e. The maximum Gasteiger partial charge on any atom is 0.320 e. The second-order valence-electron chi connectivity index (χ2n) is 8.93. The number of hydrogen-bond acceptors (Lipinski definition) is 8. The van der Waals surface area contributed by atoms with Gasteiger partial charge in [-0.1, -0.05) is 6.42 Å². The Labute approximate surface area is 223 Å². The first-order valence-electron chi connectivity index (χ1n) is 12.2. The van der Waals surface area contributed by atoms with Crippen LogP contribution in [0.2, 0.25) is 0 Å². The Morgan fingerprint density at radius 2 is 1.78 bits per heavy atom. The van der Waals surface area contributed by atoms with E-state index in [1.807, 2.05) is 30.3 Å². The highest BCUT2D eigenvalue weighted by atomic mass is 35.5. The fourth-order valence-corrected chi connectivity index (χ4v) is 5.64. The molecule has 0 atom stereocenters. The van der Waals surface area contributed by atoms with E-state index in [-0.39, 0.29) is 24.5 Å². The van der Waals surface area contributed by atoms with E-state index >= 15 is 0 Å². The molecule has 0 aliphatic carbocycles. The highest BCUT2D eigenvalue weighted by Gasteiger charge is 2.24. The van der Waals surface area contributed by atoms with E-state index in [1.165, 1.54) is 24.3 Å². The van der Waals surface area contributed by atoms with E-state index in [0.717, 1.165) is 49.5 Å². The average molecular weight is 532 g/mol. The number of piperidine rings is 2. The minimum atomic E-state index is -0.0897. The number of carbonyl (C=O) groups is 1. The van der Waals surface area contributed by atoms with Gasteiger partial charge in [-0.25, -0.2) is 0 Å². The molecular formula is C27H34ClN3O4S. The van der Waals surface area contributed by atoms with Crippen LogP contribution in [-0.2, 0) is 9.53 Å². The van der Waals surface area contributed by atoms with Crippen molar-refractivity contribution >= 4 is 46.4 Å². The number of hydrogen-bond donors (Lipinski definition) is 0. The van der Waals surface area contributed by atoms with Crippen LogP contribution in [0.5, 0.6) is 11.5 Å². The number of likely N-dealkylation sites (tertiary alicyclic amines) is 1. The summed E-state index contributed by atoms with van der Waals surface area (Å²) in [5.41, 5.74) is 1.35. The SMILES string of the molecule is COc1ccc(/C(C#N)=C/c2ccc(N3CCC(OC(=O)CN4CCCCC4)CC3)s2)cc1OC.Cl. The molecule has 4 rings (SSSR count). The van der Waals surface area contributed by atoms with Gasteiger partial charge in [0.05, 0.1) is 37.4 Å². The molecular weight excluding hydrogens is 498 g/mol. The van der Waals surface area contributed by atoms with E-state index in [1.54, 1.807) is 25.6 Å². The lowest BCUT2D eigenvalue weighted by Crippen LogP contribution is -2.40. The molecule has 36 heavy (non-hydrogen) atoms. The lowest BCUT2D eigenvalue weighted by molar-refractivity contribution is -0.151. The van der Waals surface area contributed by atoms with Crippen molar-refractivity contribution in [2.45, 2.75) is 38.2 Å². The molecule has 0 N–H and O–H groups in total. The Balaban J connectivity index is 0.00000361. The zero-order valence-electron chi connectivity index (χ0n) is 20.9. The maximum absolute atomic E-state index is 12.3. The molecule has 0 unspecified atom stereocenters. The van der Waals surface area contributed by atoms with E-state index in [9.17, 15) is 10.1 Å². The summed E-state index contributed by atoms with van der Waals surface area (Å²) < 4.78 is 16.4. The van der Waals surface area contributed by atoms with Crippen LogP contribution >= 0.6 is 23.7 Å². The third-order valence-electron chi connectivity index (χ3n) is 6.57. The first kappa shape index (κ1) is 27.9.